The Morgan fingerprint density at radius 2 is 2.12 bits per heavy atom. The summed E-state index contributed by atoms with van der Waals surface area (Å²) in [7, 11) is 1.72. The van der Waals surface area contributed by atoms with Crippen LogP contribution in [-0.4, -0.2) is 39.8 Å². The zero-order valence-electron chi connectivity index (χ0n) is 14.3. The highest BCUT2D eigenvalue weighted by Gasteiger charge is 2.40. The lowest BCUT2D eigenvalue weighted by molar-refractivity contribution is 0.162. The molecule has 1 aliphatic heterocycles. The Kier molecular flexibility index (Phi) is 5.16. The average molecular weight is 344 g/mol. The van der Waals surface area contributed by atoms with Crippen LogP contribution in [0.15, 0.2) is 42.7 Å². The molecule has 0 aliphatic carbocycles. The molecule has 0 aromatic carbocycles. The molecular weight excluding hydrogens is 320 g/mol. The Bertz CT molecular complexity index is 685. The summed E-state index contributed by atoms with van der Waals surface area (Å²) >= 11 is 5.61. The van der Waals surface area contributed by atoms with Crippen molar-refractivity contribution in [2.45, 2.75) is 32.0 Å². The summed E-state index contributed by atoms with van der Waals surface area (Å²) in [6.07, 6.45) is 3.96. The van der Waals surface area contributed by atoms with Crippen molar-refractivity contribution in [1.82, 2.24) is 19.8 Å². The van der Waals surface area contributed by atoms with E-state index < -0.39 is 0 Å². The highest BCUT2D eigenvalue weighted by molar-refractivity contribution is 7.80. The van der Waals surface area contributed by atoms with Crippen LogP contribution in [0.3, 0.4) is 0 Å². The summed E-state index contributed by atoms with van der Waals surface area (Å²) in [5, 5.41) is 4.21. The average Bonchev–Trinajstić information content (AvgIpc) is 3.18. The molecule has 128 valence electrons. The predicted molar refractivity (Wildman–Crippen MR) is 98.9 cm³/mol. The van der Waals surface area contributed by atoms with Gasteiger partial charge in [-0.3, -0.25) is 4.98 Å². The second-order valence-corrected chi connectivity index (χ2v) is 6.63. The van der Waals surface area contributed by atoms with E-state index in [1.165, 1.54) is 5.69 Å². The summed E-state index contributed by atoms with van der Waals surface area (Å²) in [5.41, 5.74) is 2.24. The molecule has 3 rings (SSSR count). The van der Waals surface area contributed by atoms with Crippen molar-refractivity contribution >= 4 is 17.3 Å². The molecule has 2 aromatic rings. The van der Waals surface area contributed by atoms with Gasteiger partial charge in [-0.15, -0.1) is 0 Å². The van der Waals surface area contributed by atoms with Gasteiger partial charge >= 0.3 is 0 Å². The van der Waals surface area contributed by atoms with Crippen LogP contribution in [0.4, 0.5) is 0 Å². The predicted octanol–water partition coefficient (Wildman–Crippen LogP) is 3.08. The minimum Gasteiger partial charge on any atom is -0.383 e. The quantitative estimate of drug-likeness (QED) is 0.816. The zero-order chi connectivity index (χ0) is 17.1. The van der Waals surface area contributed by atoms with Crippen LogP contribution in [0.5, 0.6) is 0 Å². The third-order valence-electron chi connectivity index (χ3n) is 4.41. The van der Waals surface area contributed by atoms with Crippen LogP contribution in [0, 0.1) is 0 Å². The number of nitrogens with one attached hydrogen (secondary N) is 1. The van der Waals surface area contributed by atoms with Crippen molar-refractivity contribution in [2.24, 2.45) is 0 Å². The first kappa shape index (κ1) is 16.9. The number of nitrogens with zero attached hydrogens (tertiary/aromatic N) is 3. The van der Waals surface area contributed by atoms with Gasteiger partial charge in [0.25, 0.3) is 0 Å². The molecule has 2 aromatic heterocycles. The van der Waals surface area contributed by atoms with Gasteiger partial charge in [0.05, 0.1) is 24.4 Å². The number of rotatable bonds is 6. The lowest BCUT2D eigenvalue weighted by Crippen LogP contribution is -2.33. The molecule has 0 radical (unpaired) electrons. The van der Waals surface area contributed by atoms with E-state index in [-0.39, 0.29) is 12.1 Å². The Morgan fingerprint density at radius 1 is 1.29 bits per heavy atom. The second-order valence-electron chi connectivity index (χ2n) is 6.25. The maximum absolute atomic E-state index is 5.61. The summed E-state index contributed by atoms with van der Waals surface area (Å²) < 4.78 is 7.59. The van der Waals surface area contributed by atoms with E-state index in [2.05, 4.69) is 58.0 Å². The molecular formula is C18H24N4OS. The first-order chi connectivity index (χ1) is 11.6. The molecule has 2 atom stereocenters. The molecule has 0 amide bonds. The monoisotopic (exact) mass is 344 g/mol. The van der Waals surface area contributed by atoms with Crippen molar-refractivity contribution in [3.63, 3.8) is 0 Å². The van der Waals surface area contributed by atoms with E-state index >= 15 is 0 Å². The summed E-state index contributed by atoms with van der Waals surface area (Å²) in [4.78, 5) is 6.77. The van der Waals surface area contributed by atoms with E-state index in [1.54, 1.807) is 7.11 Å². The SMILES string of the molecule is COCCN1C(=S)N[C@@H](c2ccccn2)[C@H]1c1cccn1C(C)C. The molecule has 1 saturated heterocycles. The fraction of sp³-hybridized carbons (Fsp3) is 0.444. The summed E-state index contributed by atoms with van der Waals surface area (Å²) in [6, 6.07) is 10.8. The fourth-order valence-electron chi connectivity index (χ4n) is 3.29. The highest BCUT2D eigenvalue weighted by atomic mass is 32.1. The van der Waals surface area contributed by atoms with Crippen molar-refractivity contribution in [1.29, 1.82) is 0 Å². The molecule has 24 heavy (non-hydrogen) atoms. The highest BCUT2D eigenvalue weighted by Crippen LogP contribution is 2.39. The largest absolute Gasteiger partial charge is 0.383 e. The van der Waals surface area contributed by atoms with Gasteiger partial charge in [-0.25, -0.2) is 0 Å². The molecule has 1 aliphatic rings. The van der Waals surface area contributed by atoms with E-state index in [9.17, 15) is 0 Å². The van der Waals surface area contributed by atoms with Crippen molar-refractivity contribution in [3.8, 4) is 0 Å². The van der Waals surface area contributed by atoms with E-state index in [0.717, 1.165) is 17.4 Å². The molecule has 6 heteroatoms. The Morgan fingerprint density at radius 3 is 2.79 bits per heavy atom. The van der Waals surface area contributed by atoms with Gasteiger partial charge in [-0.1, -0.05) is 6.07 Å². The number of thiocarbonyl (C=S) groups is 1. The van der Waals surface area contributed by atoms with Gasteiger partial charge in [0.2, 0.25) is 0 Å². The number of methoxy groups -OCH3 is 1. The molecule has 1 N–H and O–H groups in total. The summed E-state index contributed by atoms with van der Waals surface area (Å²) in [6.45, 7) is 5.77. The van der Waals surface area contributed by atoms with Gasteiger partial charge in [0.15, 0.2) is 5.11 Å². The van der Waals surface area contributed by atoms with Crippen LogP contribution >= 0.6 is 12.2 Å². The Hall–Kier alpha value is -1.92. The van der Waals surface area contributed by atoms with Crippen LogP contribution in [0.2, 0.25) is 0 Å². The topological polar surface area (TPSA) is 42.3 Å². The van der Waals surface area contributed by atoms with Crippen LogP contribution < -0.4 is 5.32 Å². The van der Waals surface area contributed by atoms with Crippen LogP contribution in [-0.2, 0) is 4.74 Å². The zero-order valence-corrected chi connectivity index (χ0v) is 15.2. The molecule has 3 heterocycles. The lowest BCUT2D eigenvalue weighted by atomic mass is 10.0. The van der Waals surface area contributed by atoms with Crippen LogP contribution in [0.25, 0.3) is 0 Å². The normalized spacial score (nSPS) is 20.7. The maximum atomic E-state index is 5.61. The van der Waals surface area contributed by atoms with E-state index in [1.807, 2.05) is 18.3 Å². The first-order valence-corrected chi connectivity index (χ1v) is 8.68. The van der Waals surface area contributed by atoms with Gasteiger partial charge < -0.3 is 19.5 Å². The molecule has 0 unspecified atom stereocenters. The molecule has 0 spiro atoms. The number of hydrogen-bond donors (Lipinski definition) is 1. The maximum Gasteiger partial charge on any atom is 0.170 e. The van der Waals surface area contributed by atoms with Gasteiger partial charge in [-0.2, -0.15) is 0 Å². The smallest absolute Gasteiger partial charge is 0.170 e. The van der Waals surface area contributed by atoms with Gasteiger partial charge in [0.1, 0.15) is 0 Å². The fourth-order valence-corrected chi connectivity index (χ4v) is 3.62. The molecule has 5 nitrogen and oxygen atoms in total. The van der Waals surface area contributed by atoms with Gasteiger partial charge in [0, 0.05) is 37.8 Å². The Balaban J connectivity index is 2.02. The third-order valence-corrected chi connectivity index (χ3v) is 4.76. The van der Waals surface area contributed by atoms with Crippen molar-refractivity contribution < 1.29 is 4.74 Å². The first-order valence-electron chi connectivity index (χ1n) is 8.27. The molecule has 0 bridgehead atoms. The standard InChI is InChI=1S/C18H24N4OS/c1-13(2)21-10-6-8-15(21)17-16(14-7-4-5-9-19-14)20-18(24)22(17)11-12-23-3/h4-10,13,16-17H,11-12H2,1-3H3,(H,20,24)/t16-,17+/m0/s1. The Labute approximate surface area is 148 Å². The van der Waals surface area contributed by atoms with E-state index in [0.29, 0.717) is 12.6 Å². The minimum atomic E-state index is 0.0305. The lowest BCUT2D eigenvalue weighted by Gasteiger charge is -2.29. The minimum absolute atomic E-state index is 0.0305. The number of pyridine rings is 1. The van der Waals surface area contributed by atoms with Crippen molar-refractivity contribution in [2.75, 3.05) is 20.3 Å². The number of aromatic nitrogens is 2. The molecule has 1 fully saturated rings. The van der Waals surface area contributed by atoms with Crippen LogP contribution in [0.1, 0.15) is 43.4 Å². The summed E-state index contributed by atoms with van der Waals surface area (Å²) in [5.74, 6) is 0. The van der Waals surface area contributed by atoms with E-state index in [4.69, 9.17) is 17.0 Å². The third kappa shape index (κ3) is 3.16. The van der Waals surface area contributed by atoms with Crippen molar-refractivity contribution in [3.05, 3.63) is 54.1 Å². The second kappa shape index (κ2) is 7.32. The van der Waals surface area contributed by atoms with Gasteiger partial charge in [-0.05, 0) is 50.3 Å². The number of ether oxygens (including phenoxy) is 1. The molecule has 0 saturated carbocycles. The number of hydrogen-bond acceptors (Lipinski definition) is 3.